The molecule has 106 valence electrons. The molecule has 1 fully saturated rings. The summed E-state index contributed by atoms with van der Waals surface area (Å²) in [5.41, 5.74) is 0.960. The molecule has 2 atom stereocenters. The molecule has 2 N–H and O–H groups in total. The number of aliphatic hydroxyl groups excluding tert-OH is 1. The maximum atomic E-state index is 9.57. The SMILES string of the molecule is OC1CN[C@H](c2nc(-c3cccc4ccccc34)no2)C1. The fourth-order valence-corrected chi connectivity index (χ4v) is 2.81. The number of hydrogen-bond donors (Lipinski definition) is 2. The largest absolute Gasteiger partial charge is 0.392 e. The highest BCUT2D eigenvalue weighted by Gasteiger charge is 2.28. The summed E-state index contributed by atoms with van der Waals surface area (Å²) in [5, 5.41) is 19.1. The average Bonchev–Trinajstić information content (AvgIpc) is 3.15. The lowest BCUT2D eigenvalue weighted by molar-refractivity contribution is 0.191. The number of nitrogens with one attached hydrogen (secondary N) is 1. The van der Waals surface area contributed by atoms with Gasteiger partial charge in [0.15, 0.2) is 0 Å². The van der Waals surface area contributed by atoms with E-state index in [1.54, 1.807) is 0 Å². The van der Waals surface area contributed by atoms with Crippen LogP contribution in [0.3, 0.4) is 0 Å². The molecule has 4 rings (SSSR count). The molecule has 1 aromatic heterocycles. The number of aromatic nitrogens is 2. The van der Waals surface area contributed by atoms with Crippen molar-refractivity contribution in [2.75, 3.05) is 6.54 Å². The second kappa shape index (κ2) is 4.95. The third kappa shape index (κ3) is 2.20. The number of β-amino-alcohol motifs (C(OH)–C–C–N with tert-alkyl or cyclic N) is 1. The minimum atomic E-state index is -0.345. The first-order chi connectivity index (χ1) is 10.3. The topological polar surface area (TPSA) is 71.2 Å². The molecule has 0 saturated carbocycles. The molecule has 21 heavy (non-hydrogen) atoms. The number of rotatable bonds is 2. The molecule has 1 aliphatic rings. The zero-order chi connectivity index (χ0) is 14.2. The Balaban J connectivity index is 1.74. The molecule has 5 nitrogen and oxygen atoms in total. The predicted molar refractivity (Wildman–Crippen MR) is 78.6 cm³/mol. The fourth-order valence-electron chi connectivity index (χ4n) is 2.81. The predicted octanol–water partition coefficient (Wildman–Crippen LogP) is 2.29. The molecule has 1 aliphatic heterocycles. The molecule has 0 bridgehead atoms. The van der Waals surface area contributed by atoms with E-state index < -0.39 is 0 Å². The van der Waals surface area contributed by atoms with Gasteiger partial charge in [0.1, 0.15) is 0 Å². The fraction of sp³-hybridized carbons (Fsp3) is 0.250. The number of aliphatic hydroxyl groups is 1. The Bertz CT molecular complexity index is 779. The third-order valence-electron chi connectivity index (χ3n) is 3.88. The molecule has 1 unspecified atom stereocenters. The lowest BCUT2D eigenvalue weighted by atomic mass is 10.0. The van der Waals surface area contributed by atoms with Gasteiger partial charge in [-0.3, -0.25) is 0 Å². The van der Waals surface area contributed by atoms with E-state index in [4.69, 9.17) is 4.52 Å². The van der Waals surface area contributed by atoms with E-state index in [-0.39, 0.29) is 12.1 Å². The smallest absolute Gasteiger partial charge is 0.244 e. The van der Waals surface area contributed by atoms with Crippen LogP contribution in [-0.2, 0) is 0 Å². The maximum Gasteiger partial charge on any atom is 0.244 e. The van der Waals surface area contributed by atoms with Crippen molar-refractivity contribution in [3.8, 4) is 11.4 Å². The molecule has 0 aliphatic carbocycles. The van der Waals surface area contributed by atoms with Crippen LogP contribution in [0, 0.1) is 0 Å². The summed E-state index contributed by atoms with van der Waals surface area (Å²) in [6.45, 7) is 0.566. The van der Waals surface area contributed by atoms with Crippen molar-refractivity contribution in [1.29, 1.82) is 0 Å². The monoisotopic (exact) mass is 281 g/mol. The Labute approximate surface area is 121 Å². The third-order valence-corrected chi connectivity index (χ3v) is 3.88. The van der Waals surface area contributed by atoms with Crippen molar-refractivity contribution in [2.24, 2.45) is 0 Å². The highest BCUT2D eigenvalue weighted by Crippen LogP contribution is 2.29. The minimum absolute atomic E-state index is 0.0590. The van der Waals surface area contributed by atoms with Crippen LogP contribution >= 0.6 is 0 Å². The summed E-state index contributed by atoms with van der Waals surface area (Å²) >= 11 is 0. The van der Waals surface area contributed by atoms with Crippen LogP contribution in [-0.4, -0.2) is 27.9 Å². The number of benzene rings is 2. The van der Waals surface area contributed by atoms with E-state index >= 15 is 0 Å². The van der Waals surface area contributed by atoms with Crippen molar-refractivity contribution >= 4 is 10.8 Å². The van der Waals surface area contributed by atoms with E-state index in [1.807, 2.05) is 24.3 Å². The molecule has 5 heteroatoms. The van der Waals surface area contributed by atoms with Crippen LogP contribution in [0.15, 0.2) is 47.0 Å². The quantitative estimate of drug-likeness (QED) is 0.754. The van der Waals surface area contributed by atoms with Crippen LogP contribution < -0.4 is 5.32 Å². The Morgan fingerprint density at radius 3 is 2.86 bits per heavy atom. The molecule has 0 amide bonds. The molecule has 0 spiro atoms. The number of fused-ring (bicyclic) bond motifs is 1. The van der Waals surface area contributed by atoms with E-state index in [1.165, 1.54) is 0 Å². The van der Waals surface area contributed by atoms with Gasteiger partial charge < -0.3 is 14.9 Å². The normalized spacial score (nSPS) is 22.0. The first-order valence-corrected chi connectivity index (χ1v) is 7.04. The second-order valence-electron chi connectivity index (χ2n) is 5.33. The Kier molecular flexibility index (Phi) is 2.94. The van der Waals surface area contributed by atoms with Crippen LogP contribution in [0.5, 0.6) is 0 Å². The van der Waals surface area contributed by atoms with Crippen molar-refractivity contribution in [2.45, 2.75) is 18.6 Å². The van der Waals surface area contributed by atoms with Gasteiger partial charge in [-0.05, 0) is 17.2 Å². The van der Waals surface area contributed by atoms with Crippen LogP contribution in [0.4, 0.5) is 0 Å². The van der Waals surface area contributed by atoms with E-state index in [0.717, 1.165) is 16.3 Å². The van der Waals surface area contributed by atoms with Gasteiger partial charge in [0.05, 0.1) is 12.1 Å². The number of nitrogens with zero attached hydrogens (tertiary/aromatic N) is 2. The average molecular weight is 281 g/mol. The van der Waals surface area contributed by atoms with Crippen LogP contribution in [0.25, 0.3) is 22.2 Å². The van der Waals surface area contributed by atoms with Crippen molar-refractivity contribution in [3.63, 3.8) is 0 Å². The summed E-state index contributed by atoms with van der Waals surface area (Å²) in [6.07, 6.45) is 0.264. The highest BCUT2D eigenvalue weighted by molar-refractivity contribution is 5.94. The van der Waals surface area contributed by atoms with Gasteiger partial charge in [-0.15, -0.1) is 0 Å². The highest BCUT2D eigenvalue weighted by atomic mass is 16.5. The molecule has 2 aromatic carbocycles. The van der Waals surface area contributed by atoms with Gasteiger partial charge in [-0.2, -0.15) is 4.98 Å². The Morgan fingerprint density at radius 1 is 1.14 bits per heavy atom. The first kappa shape index (κ1) is 12.5. The summed E-state index contributed by atoms with van der Waals surface area (Å²) in [6, 6.07) is 14.1. The van der Waals surface area contributed by atoms with E-state index in [2.05, 4.69) is 33.7 Å². The van der Waals surface area contributed by atoms with Gasteiger partial charge in [0.25, 0.3) is 0 Å². The molecular weight excluding hydrogens is 266 g/mol. The van der Waals surface area contributed by atoms with E-state index in [9.17, 15) is 5.11 Å². The first-order valence-electron chi connectivity index (χ1n) is 7.04. The molecule has 1 saturated heterocycles. The van der Waals surface area contributed by atoms with Crippen molar-refractivity contribution in [3.05, 3.63) is 48.4 Å². The summed E-state index contributed by atoms with van der Waals surface area (Å²) < 4.78 is 5.37. The number of hydrogen-bond acceptors (Lipinski definition) is 5. The lowest BCUT2D eigenvalue weighted by Gasteiger charge is -2.03. The van der Waals surface area contributed by atoms with Crippen molar-refractivity contribution < 1.29 is 9.63 Å². The molecule has 2 heterocycles. The van der Waals surface area contributed by atoms with Gasteiger partial charge in [-0.25, -0.2) is 0 Å². The zero-order valence-electron chi connectivity index (χ0n) is 11.4. The summed E-state index contributed by atoms with van der Waals surface area (Å²) in [5.74, 6) is 1.12. The molecule has 0 radical (unpaired) electrons. The minimum Gasteiger partial charge on any atom is -0.392 e. The zero-order valence-corrected chi connectivity index (χ0v) is 11.4. The lowest BCUT2D eigenvalue weighted by Crippen LogP contribution is -2.15. The van der Waals surface area contributed by atoms with Gasteiger partial charge in [-0.1, -0.05) is 47.6 Å². The standard InChI is InChI=1S/C16H15N3O2/c20-11-8-14(17-9-11)16-18-15(19-21-16)13-7-3-5-10-4-1-2-6-12(10)13/h1-7,11,14,17,20H,8-9H2/t11?,14-/m0/s1. The summed E-state index contributed by atoms with van der Waals surface area (Å²) in [7, 11) is 0. The Morgan fingerprint density at radius 2 is 2.00 bits per heavy atom. The summed E-state index contributed by atoms with van der Waals surface area (Å²) in [4.78, 5) is 4.50. The van der Waals surface area contributed by atoms with E-state index in [0.29, 0.717) is 24.7 Å². The van der Waals surface area contributed by atoms with Gasteiger partial charge in [0, 0.05) is 12.1 Å². The second-order valence-corrected chi connectivity index (χ2v) is 5.33. The van der Waals surface area contributed by atoms with Crippen LogP contribution in [0.2, 0.25) is 0 Å². The van der Waals surface area contributed by atoms with Gasteiger partial charge in [0.2, 0.25) is 11.7 Å². The molecule has 3 aromatic rings. The van der Waals surface area contributed by atoms with Crippen LogP contribution in [0.1, 0.15) is 18.4 Å². The maximum absolute atomic E-state index is 9.57. The van der Waals surface area contributed by atoms with Gasteiger partial charge >= 0.3 is 0 Å². The van der Waals surface area contributed by atoms with Crippen molar-refractivity contribution in [1.82, 2.24) is 15.5 Å². The molecular formula is C16H15N3O2. The Hall–Kier alpha value is -2.24.